The first-order valence-electron chi connectivity index (χ1n) is 9.87. The molecule has 3 aromatic rings. The zero-order chi connectivity index (χ0) is 19.0. The molecule has 4 rings (SSSR count). The van der Waals surface area contributed by atoms with Gasteiger partial charge >= 0.3 is 5.97 Å². The highest BCUT2D eigenvalue weighted by molar-refractivity contribution is 5.93. The Morgan fingerprint density at radius 2 is 1.96 bits per heavy atom. The molecule has 1 fully saturated rings. The van der Waals surface area contributed by atoms with Crippen molar-refractivity contribution in [3.63, 3.8) is 0 Å². The lowest BCUT2D eigenvalue weighted by molar-refractivity contribution is -0.139. The molecule has 142 valence electrons. The minimum atomic E-state index is -0.781. The minimum absolute atomic E-state index is 0.559. The third-order valence-electron chi connectivity index (χ3n) is 5.54. The number of aliphatic carboxylic acids is 1. The van der Waals surface area contributed by atoms with Crippen molar-refractivity contribution in [1.29, 1.82) is 0 Å². The number of benzene rings is 1. The Morgan fingerprint density at radius 3 is 2.67 bits per heavy atom. The van der Waals surface area contributed by atoms with Crippen LogP contribution in [0.5, 0.6) is 0 Å². The number of fused-ring (bicyclic) bond motifs is 3. The maximum atomic E-state index is 12.1. The number of aryl methyl sites for hydroxylation is 1. The molecule has 1 aliphatic rings. The zero-order valence-electron chi connectivity index (χ0n) is 16.0. The van der Waals surface area contributed by atoms with Crippen molar-refractivity contribution in [2.45, 2.75) is 51.9 Å². The first-order valence-corrected chi connectivity index (χ1v) is 9.87. The van der Waals surface area contributed by atoms with Gasteiger partial charge in [-0.15, -0.1) is 0 Å². The number of carboxylic acids is 1. The van der Waals surface area contributed by atoms with Crippen molar-refractivity contribution in [2.75, 3.05) is 18.0 Å². The van der Waals surface area contributed by atoms with Crippen LogP contribution in [0.2, 0.25) is 0 Å². The van der Waals surface area contributed by atoms with Crippen LogP contribution in [0.3, 0.4) is 0 Å². The largest absolute Gasteiger partial charge is 0.481 e. The monoisotopic (exact) mass is 366 g/mol. The van der Waals surface area contributed by atoms with Crippen molar-refractivity contribution in [3.05, 3.63) is 35.5 Å². The standard InChI is InChI=1S/C21H26N4O2/c1-3-9-16(21(26)27)18-14(2)22-19-15-10-5-6-11-17(15)23-25(19)20(18)24-12-7-4-8-13-24/h5-6,10-11,16H,3-4,7-9,12-13H2,1-2H3,(H,26,27). The fourth-order valence-corrected chi connectivity index (χ4v) is 4.27. The average molecular weight is 366 g/mol. The van der Waals surface area contributed by atoms with E-state index in [0.717, 1.165) is 66.0 Å². The number of carbonyl (C=O) groups is 1. The van der Waals surface area contributed by atoms with E-state index in [1.807, 2.05) is 42.6 Å². The predicted molar refractivity (Wildman–Crippen MR) is 107 cm³/mol. The fourth-order valence-electron chi connectivity index (χ4n) is 4.27. The van der Waals surface area contributed by atoms with Crippen LogP contribution in [0.1, 0.15) is 56.2 Å². The second-order valence-corrected chi connectivity index (χ2v) is 7.41. The van der Waals surface area contributed by atoms with E-state index < -0.39 is 11.9 Å². The Kier molecular flexibility index (Phi) is 4.72. The molecule has 1 unspecified atom stereocenters. The van der Waals surface area contributed by atoms with Crippen molar-refractivity contribution in [1.82, 2.24) is 14.6 Å². The molecular formula is C21H26N4O2. The van der Waals surface area contributed by atoms with Crippen LogP contribution < -0.4 is 4.90 Å². The topological polar surface area (TPSA) is 70.7 Å². The van der Waals surface area contributed by atoms with Gasteiger partial charge in [-0.1, -0.05) is 25.5 Å². The van der Waals surface area contributed by atoms with E-state index >= 15 is 0 Å². The molecule has 0 radical (unpaired) electrons. The number of hydrogen-bond donors (Lipinski definition) is 1. The number of piperidine rings is 1. The van der Waals surface area contributed by atoms with Crippen LogP contribution in [-0.4, -0.2) is 38.8 Å². The highest BCUT2D eigenvalue weighted by Gasteiger charge is 2.30. The summed E-state index contributed by atoms with van der Waals surface area (Å²) >= 11 is 0. The summed E-state index contributed by atoms with van der Waals surface area (Å²) in [6.07, 6.45) is 4.88. The highest BCUT2D eigenvalue weighted by Crippen LogP contribution is 2.36. The third-order valence-corrected chi connectivity index (χ3v) is 5.54. The van der Waals surface area contributed by atoms with Gasteiger partial charge in [0.15, 0.2) is 5.65 Å². The van der Waals surface area contributed by atoms with E-state index in [2.05, 4.69) is 4.90 Å². The molecule has 0 bridgehead atoms. The van der Waals surface area contributed by atoms with Crippen LogP contribution in [0.25, 0.3) is 16.6 Å². The average Bonchev–Trinajstić information content (AvgIpc) is 3.04. The summed E-state index contributed by atoms with van der Waals surface area (Å²) in [5, 5.41) is 15.8. The molecule has 1 aromatic carbocycles. The molecule has 1 saturated heterocycles. The van der Waals surface area contributed by atoms with Crippen LogP contribution in [0.15, 0.2) is 24.3 Å². The van der Waals surface area contributed by atoms with E-state index in [9.17, 15) is 9.90 Å². The van der Waals surface area contributed by atoms with Crippen LogP contribution >= 0.6 is 0 Å². The highest BCUT2D eigenvalue weighted by atomic mass is 16.4. The lowest BCUT2D eigenvalue weighted by atomic mass is 9.92. The number of hydrogen-bond acceptors (Lipinski definition) is 4. The Bertz CT molecular complexity index is 989. The number of aromatic nitrogens is 3. The molecule has 1 N–H and O–H groups in total. The fraction of sp³-hybridized carbons (Fsp3) is 0.476. The number of nitrogens with zero attached hydrogens (tertiary/aromatic N) is 4. The van der Waals surface area contributed by atoms with Gasteiger partial charge in [-0.25, -0.2) is 4.98 Å². The Morgan fingerprint density at radius 1 is 1.22 bits per heavy atom. The van der Waals surface area contributed by atoms with Crippen molar-refractivity contribution >= 4 is 28.3 Å². The summed E-state index contributed by atoms with van der Waals surface area (Å²) in [4.78, 5) is 19.2. The molecule has 0 saturated carbocycles. The molecule has 0 spiro atoms. The van der Waals surface area contributed by atoms with Gasteiger partial charge in [0.2, 0.25) is 0 Å². The maximum Gasteiger partial charge on any atom is 0.311 e. The summed E-state index contributed by atoms with van der Waals surface area (Å²) in [7, 11) is 0. The van der Waals surface area contributed by atoms with Gasteiger partial charge in [-0.3, -0.25) is 4.79 Å². The van der Waals surface area contributed by atoms with Crippen molar-refractivity contribution < 1.29 is 9.90 Å². The van der Waals surface area contributed by atoms with Gasteiger partial charge in [-0.2, -0.15) is 9.61 Å². The van der Waals surface area contributed by atoms with E-state index in [1.54, 1.807) is 0 Å². The second kappa shape index (κ2) is 7.18. The lowest BCUT2D eigenvalue weighted by Crippen LogP contribution is -2.33. The quantitative estimate of drug-likeness (QED) is 0.734. The maximum absolute atomic E-state index is 12.1. The molecule has 2 aromatic heterocycles. The first kappa shape index (κ1) is 17.8. The summed E-state index contributed by atoms with van der Waals surface area (Å²) < 4.78 is 1.89. The summed E-state index contributed by atoms with van der Waals surface area (Å²) in [5.74, 6) is -0.415. The minimum Gasteiger partial charge on any atom is -0.481 e. The lowest BCUT2D eigenvalue weighted by Gasteiger charge is -2.32. The van der Waals surface area contributed by atoms with Gasteiger partial charge in [0.25, 0.3) is 0 Å². The molecule has 1 atom stereocenters. The van der Waals surface area contributed by atoms with E-state index in [4.69, 9.17) is 10.1 Å². The SMILES string of the molecule is CCCC(C(=O)O)c1c(C)nc2c3ccccc3nn2c1N1CCCCC1. The number of anilines is 1. The van der Waals surface area contributed by atoms with Gasteiger partial charge in [0.05, 0.1) is 11.4 Å². The van der Waals surface area contributed by atoms with Crippen LogP contribution in [0, 0.1) is 6.92 Å². The van der Waals surface area contributed by atoms with Gasteiger partial charge < -0.3 is 10.0 Å². The van der Waals surface area contributed by atoms with E-state index in [-0.39, 0.29) is 0 Å². The third kappa shape index (κ3) is 3.03. The molecule has 1 aliphatic heterocycles. The van der Waals surface area contributed by atoms with Gasteiger partial charge in [-0.05, 0) is 44.7 Å². The molecule has 27 heavy (non-hydrogen) atoms. The Balaban J connectivity index is 2.04. The molecule has 6 nitrogen and oxygen atoms in total. The first-order chi connectivity index (χ1) is 13.1. The summed E-state index contributed by atoms with van der Waals surface area (Å²) in [5.41, 5.74) is 3.33. The Labute approximate surface area is 158 Å². The van der Waals surface area contributed by atoms with Crippen LogP contribution in [-0.2, 0) is 4.79 Å². The zero-order valence-corrected chi connectivity index (χ0v) is 16.0. The smallest absolute Gasteiger partial charge is 0.311 e. The number of rotatable bonds is 5. The van der Waals surface area contributed by atoms with Crippen molar-refractivity contribution in [3.8, 4) is 0 Å². The Hall–Kier alpha value is -2.63. The normalized spacial score (nSPS) is 16.1. The van der Waals surface area contributed by atoms with E-state index in [1.165, 1.54) is 6.42 Å². The van der Waals surface area contributed by atoms with Gasteiger partial charge in [0.1, 0.15) is 5.82 Å². The molecule has 6 heteroatoms. The van der Waals surface area contributed by atoms with Gasteiger partial charge in [0, 0.05) is 29.7 Å². The molecule has 3 heterocycles. The molecule has 0 aliphatic carbocycles. The summed E-state index contributed by atoms with van der Waals surface area (Å²) in [6.45, 7) is 5.83. The van der Waals surface area contributed by atoms with Crippen LogP contribution in [0.4, 0.5) is 5.82 Å². The molecule has 0 amide bonds. The summed E-state index contributed by atoms with van der Waals surface area (Å²) in [6, 6.07) is 7.98. The molecular weight excluding hydrogens is 340 g/mol. The predicted octanol–water partition coefficient (Wildman–Crippen LogP) is 4.15. The van der Waals surface area contributed by atoms with Crippen molar-refractivity contribution in [2.24, 2.45) is 0 Å². The number of carboxylic acid groups (broad SMARTS) is 1. The second-order valence-electron chi connectivity index (χ2n) is 7.41. The van der Waals surface area contributed by atoms with E-state index in [0.29, 0.717) is 6.42 Å².